The van der Waals surface area contributed by atoms with Crippen molar-refractivity contribution in [2.75, 3.05) is 23.0 Å². The smallest absolute Gasteiger partial charge is 0.234 e. The molecule has 0 radical (unpaired) electrons. The molecule has 0 bridgehead atoms. The van der Waals surface area contributed by atoms with E-state index in [1.807, 2.05) is 36.6 Å². The summed E-state index contributed by atoms with van der Waals surface area (Å²) in [5, 5.41) is 15.6. The number of hydrogen-bond acceptors (Lipinski definition) is 6. The van der Waals surface area contributed by atoms with Crippen LogP contribution in [0.5, 0.6) is 0 Å². The van der Waals surface area contributed by atoms with Gasteiger partial charge < -0.3 is 19.9 Å². The number of halogens is 1. The number of hydrogen-bond donors (Lipinski definition) is 2. The molecule has 0 aliphatic carbocycles. The van der Waals surface area contributed by atoms with Crippen molar-refractivity contribution in [2.24, 2.45) is 0 Å². The molecule has 7 nitrogen and oxygen atoms in total. The summed E-state index contributed by atoms with van der Waals surface area (Å²) in [6, 6.07) is 12.1. The van der Waals surface area contributed by atoms with Crippen LogP contribution in [0.3, 0.4) is 0 Å². The van der Waals surface area contributed by atoms with Crippen LogP contribution in [0.4, 0.5) is 15.8 Å². The van der Waals surface area contributed by atoms with Crippen molar-refractivity contribution in [1.82, 2.24) is 14.8 Å². The maximum Gasteiger partial charge on any atom is 0.234 e. The Morgan fingerprint density at radius 3 is 2.79 bits per heavy atom. The molecule has 4 rings (SSSR count). The van der Waals surface area contributed by atoms with Crippen LogP contribution in [0.1, 0.15) is 29.8 Å². The summed E-state index contributed by atoms with van der Waals surface area (Å²) in [5.41, 5.74) is 3.82. The summed E-state index contributed by atoms with van der Waals surface area (Å²) < 4.78 is 21.0. The van der Waals surface area contributed by atoms with E-state index in [9.17, 15) is 9.18 Å². The first kappa shape index (κ1) is 23.3. The topological polar surface area (TPSA) is 81.1 Å². The number of benzene rings is 2. The van der Waals surface area contributed by atoms with Crippen LogP contribution in [-0.2, 0) is 22.6 Å². The number of nitrogens with zero attached hydrogens (tertiary/aromatic N) is 3. The lowest BCUT2D eigenvalue weighted by atomic mass is 10.1. The summed E-state index contributed by atoms with van der Waals surface area (Å²) in [5.74, 6) is 0.598. The van der Waals surface area contributed by atoms with E-state index in [4.69, 9.17) is 4.74 Å². The number of carbonyl (C=O) groups excluding carboxylic acids is 1. The molecular weight excluding hydrogens is 441 g/mol. The Morgan fingerprint density at radius 1 is 1.21 bits per heavy atom. The van der Waals surface area contributed by atoms with E-state index in [1.54, 1.807) is 12.1 Å². The first-order valence-corrected chi connectivity index (χ1v) is 12.0. The minimum atomic E-state index is -0.278. The Hall–Kier alpha value is -2.91. The average Bonchev–Trinajstić information content (AvgIpc) is 3.46. The molecule has 1 aliphatic rings. The molecule has 0 saturated carbocycles. The van der Waals surface area contributed by atoms with E-state index < -0.39 is 0 Å². The molecule has 9 heteroatoms. The molecule has 0 unspecified atom stereocenters. The Kier molecular flexibility index (Phi) is 7.61. The minimum Gasteiger partial charge on any atom is -0.378 e. The number of ether oxygens (including phenoxy) is 1. The van der Waals surface area contributed by atoms with Gasteiger partial charge in [-0.05, 0) is 68.1 Å². The highest BCUT2D eigenvalue weighted by atomic mass is 32.2. The summed E-state index contributed by atoms with van der Waals surface area (Å²) in [6.45, 7) is 5.84. The number of rotatable bonds is 9. The quantitative estimate of drug-likeness (QED) is 0.448. The zero-order valence-electron chi connectivity index (χ0n) is 18.8. The molecule has 1 atom stereocenters. The van der Waals surface area contributed by atoms with Gasteiger partial charge in [0.1, 0.15) is 5.82 Å². The highest BCUT2D eigenvalue weighted by Gasteiger charge is 2.21. The molecule has 174 valence electrons. The fourth-order valence-corrected chi connectivity index (χ4v) is 4.45. The van der Waals surface area contributed by atoms with Crippen molar-refractivity contribution in [2.45, 2.75) is 51.0 Å². The maximum absolute atomic E-state index is 13.2. The Labute approximate surface area is 197 Å². The monoisotopic (exact) mass is 469 g/mol. The van der Waals surface area contributed by atoms with Gasteiger partial charge in [0.2, 0.25) is 5.91 Å². The Balaban J connectivity index is 1.42. The second kappa shape index (κ2) is 10.8. The molecule has 2 heterocycles. The molecule has 1 fully saturated rings. The van der Waals surface area contributed by atoms with E-state index in [-0.39, 0.29) is 23.6 Å². The molecule has 2 aromatic carbocycles. The van der Waals surface area contributed by atoms with E-state index in [0.717, 1.165) is 47.8 Å². The summed E-state index contributed by atoms with van der Waals surface area (Å²) in [7, 11) is 0. The number of carbonyl (C=O) groups is 1. The first-order valence-electron chi connectivity index (χ1n) is 11.0. The number of amides is 1. The van der Waals surface area contributed by atoms with E-state index in [2.05, 4.69) is 20.8 Å². The van der Waals surface area contributed by atoms with Gasteiger partial charge in [-0.1, -0.05) is 23.9 Å². The fourth-order valence-electron chi connectivity index (χ4n) is 3.68. The third-order valence-electron chi connectivity index (χ3n) is 5.71. The number of aromatic nitrogens is 3. The zero-order valence-corrected chi connectivity index (χ0v) is 19.6. The fraction of sp³-hybridized carbons (Fsp3) is 0.375. The molecular formula is C24H28FN5O2S. The normalized spacial score (nSPS) is 15.5. The van der Waals surface area contributed by atoms with Gasteiger partial charge in [-0.2, -0.15) is 0 Å². The van der Waals surface area contributed by atoms with Gasteiger partial charge in [0.05, 0.1) is 24.9 Å². The van der Waals surface area contributed by atoms with E-state index in [0.29, 0.717) is 18.2 Å². The second-order valence-electron chi connectivity index (χ2n) is 8.09. The standard InChI is InChI=1S/C24H28FN5O2S/c1-16-5-3-7-21(17(16)2)27-23(31)15-33-24-29-28-22(30(24)14-20-6-4-12-32-20)13-26-19-10-8-18(25)9-11-19/h3,5,7-11,20,26H,4,6,12-15H2,1-2H3,(H,27,31)/t20-/m1/s1. The molecule has 3 aromatic rings. The van der Waals surface area contributed by atoms with Crippen LogP contribution < -0.4 is 10.6 Å². The van der Waals surface area contributed by atoms with Crippen LogP contribution in [0.25, 0.3) is 0 Å². The van der Waals surface area contributed by atoms with Gasteiger partial charge in [0.15, 0.2) is 11.0 Å². The van der Waals surface area contributed by atoms with Crippen LogP contribution in [0.2, 0.25) is 0 Å². The van der Waals surface area contributed by atoms with Crippen molar-refractivity contribution in [3.8, 4) is 0 Å². The number of aryl methyl sites for hydroxylation is 1. The third kappa shape index (κ3) is 6.11. The molecule has 1 saturated heterocycles. The van der Waals surface area contributed by atoms with Crippen molar-refractivity contribution in [3.05, 3.63) is 65.2 Å². The average molecular weight is 470 g/mol. The van der Waals surface area contributed by atoms with Crippen molar-refractivity contribution >= 4 is 29.0 Å². The highest BCUT2D eigenvalue weighted by molar-refractivity contribution is 7.99. The van der Waals surface area contributed by atoms with Gasteiger partial charge in [0, 0.05) is 18.0 Å². The largest absolute Gasteiger partial charge is 0.378 e. The Bertz CT molecular complexity index is 1100. The number of thioether (sulfide) groups is 1. The van der Waals surface area contributed by atoms with Crippen LogP contribution >= 0.6 is 11.8 Å². The molecule has 1 amide bonds. The van der Waals surface area contributed by atoms with Gasteiger partial charge in [-0.15, -0.1) is 10.2 Å². The summed E-state index contributed by atoms with van der Waals surface area (Å²) in [6.07, 6.45) is 2.13. The lowest BCUT2D eigenvalue weighted by Crippen LogP contribution is -2.20. The van der Waals surface area contributed by atoms with Crippen molar-refractivity contribution < 1.29 is 13.9 Å². The van der Waals surface area contributed by atoms with Crippen molar-refractivity contribution in [3.63, 3.8) is 0 Å². The zero-order chi connectivity index (χ0) is 23.2. The molecule has 2 N–H and O–H groups in total. The van der Waals surface area contributed by atoms with Crippen LogP contribution in [-0.4, -0.2) is 39.1 Å². The molecule has 33 heavy (non-hydrogen) atoms. The molecule has 0 spiro atoms. The van der Waals surface area contributed by atoms with Gasteiger partial charge in [0.25, 0.3) is 0 Å². The predicted molar refractivity (Wildman–Crippen MR) is 128 cm³/mol. The van der Waals surface area contributed by atoms with Crippen LogP contribution in [0, 0.1) is 19.7 Å². The Morgan fingerprint density at radius 2 is 2.03 bits per heavy atom. The third-order valence-corrected chi connectivity index (χ3v) is 6.68. The molecule has 1 aromatic heterocycles. The minimum absolute atomic E-state index is 0.0913. The van der Waals surface area contributed by atoms with Gasteiger partial charge in [-0.3, -0.25) is 4.79 Å². The summed E-state index contributed by atoms with van der Waals surface area (Å²) in [4.78, 5) is 12.6. The maximum atomic E-state index is 13.2. The lowest BCUT2D eigenvalue weighted by Gasteiger charge is -2.15. The van der Waals surface area contributed by atoms with Crippen molar-refractivity contribution in [1.29, 1.82) is 0 Å². The van der Waals surface area contributed by atoms with Gasteiger partial charge in [-0.25, -0.2) is 4.39 Å². The first-order chi connectivity index (χ1) is 16.0. The summed E-state index contributed by atoms with van der Waals surface area (Å²) >= 11 is 1.36. The SMILES string of the molecule is Cc1cccc(NC(=O)CSc2nnc(CNc3ccc(F)cc3)n2C[C@H]2CCCO2)c1C. The second-order valence-corrected chi connectivity index (χ2v) is 9.03. The van der Waals surface area contributed by atoms with E-state index >= 15 is 0 Å². The molecule has 1 aliphatic heterocycles. The number of anilines is 2. The highest BCUT2D eigenvalue weighted by Crippen LogP contribution is 2.23. The van der Waals surface area contributed by atoms with Gasteiger partial charge >= 0.3 is 0 Å². The number of nitrogens with one attached hydrogen (secondary N) is 2. The van der Waals surface area contributed by atoms with Crippen LogP contribution in [0.15, 0.2) is 47.6 Å². The lowest BCUT2D eigenvalue weighted by molar-refractivity contribution is -0.113. The predicted octanol–water partition coefficient (Wildman–Crippen LogP) is 4.56. The van der Waals surface area contributed by atoms with E-state index in [1.165, 1.54) is 23.9 Å².